The predicted octanol–water partition coefficient (Wildman–Crippen LogP) is 3.60. The van der Waals surface area contributed by atoms with Gasteiger partial charge < -0.3 is 5.32 Å². The number of nitrogens with one attached hydrogen (secondary N) is 1. The number of benzene rings is 1. The lowest BCUT2D eigenvalue weighted by atomic mass is 10.1. The predicted molar refractivity (Wildman–Crippen MR) is 97.8 cm³/mol. The van der Waals surface area contributed by atoms with Crippen molar-refractivity contribution in [1.82, 2.24) is 19.6 Å². The molecule has 0 spiro atoms. The Kier molecular flexibility index (Phi) is 4.90. The van der Waals surface area contributed by atoms with Crippen molar-refractivity contribution in [2.75, 3.05) is 5.32 Å². The molecule has 2 aromatic heterocycles. The molecule has 25 heavy (non-hydrogen) atoms. The molecule has 0 fully saturated rings. The van der Waals surface area contributed by atoms with Crippen molar-refractivity contribution in [2.24, 2.45) is 0 Å². The van der Waals surface area contributed by atoms with Crippen LogP contribution in [0.2, 0.25) is 5.02 Å². The fourth-order valence-electron chi connectivity index (χ4n) is 2.42. The van der Waals surface area contributed by atoms with Gasteiger partial charge >= 0.3 is 0 Å². The summed E-state index contributed by atoms with van der Waals surface area (Å²) >= 11 is 6.00. The first-order valence-corrected chi connectivity index (χ1v) is 8.40. The number of rotatable bonds is 5. The van der Waals surface area contributed by atoms with Crippen LogP contribution < -0.4 is 5.32 Å². The highest BCUT2D eigenvalue weighted by Gasteiger charge is 2.17. The number of hydrogen-bond donors (Lipinski definition) is 1. The summed E-state index contributed by atoms with van der Waals surface area (Å²) in [6.45, 7) is 6.29. The van der Waals surface area contributed by atoms with E-state index in [1.807, 2.05) is 6.20 Å². The van der Waals surface area contributed by atoms with E-state index in [1.165, 1.54) is 5.56 Å². The number of amides is 1. The lowest BCUT2D eigenvalue weighted by molar-refractivity contribution is -0.119. The van der Waals surface area contributed by atoms with Crippen LogP contribution in [-0.2, 0) is 11.3 Å². The molecule has 0 aliphatic carbocycles. The topological polar surface area (TPSA) is 64.7 Å². The van der Waals surface area contributed by atoms with Crippen LogP contribution >= 0.6 is 11.6 Å². The van der Waals surface area contributed by atoms with Gasteiger partial charge in [-0.3, -0.25) is 14.2 Å². The summed E-state index contributed by atoms with van der Waals surface area (Å²) in [5, 5.41) is 11.9. The summed E-state index contributed by atoms with van der Waals surface area (Å²) in [6.07, 6.45) is 5.11. The van der Waals surface area contributed by atoms with Gasteiger partial charge in [0.25, 0.3) is 0 Å². The molecule has 0 aliphatic heterocycles. The Bertz CT molecular complexity index is 862. The SMILES string of the molecule is Cc1ccc(Cn2cc(NC(=O)C(C)n3cc(Cl)c(C)n3)cn2)cc1. The van der Waals surface area contributed by atoms with Crippen molar-refractivity contribution in [1.29, 1.82) is 0 Å². The maximum absolute atomic E-state index is 12.4. The van der Waals surface area contributed by atoms with Crippen LogP contribution in [0.25, 0.3) is 0 Å². The Labute approximate surface area is 151 Å². The third-order valence-corrected chi connectivity index (χ3v) is 4.37. The average Bonchev–Trinajstić information content (AvgIpc) is 3.15. The highest BCUT2D eigenvalue weighted by molar-refractivity contribution is 6.31. The minimum Gasteiger partial charge on any atom is -0.322 e. The van der Waals surface area contributed by atoms with E-state index in [4.69, 9.17) is 11.6 Å². The van der Waals surface area contributed by atoms with Gasteiger partial charge in [0.05, 0.1) is 29.1 Å². The van der Waals surface area contributed by atoms with Gasteiger partial charge in [-0.05, 0) is 26.3 Å². The summed E-state index contributed by atoms with van der Waals surface area (Å²) < 4.78 is 3.35. The fraction of sp³-hybridized carbons (Fsp3) is 0.278. The van der Waals surface area contributed by atoms with Gasteiger partial charge in [-0.15, -0.1) is 0 Å². The van der Waals surface area contributed by atoms with Crippen molar-refractivity contribution in [2.45, 2.75) is 33.4 Å². The zero-order chi connectivity index (χ0) is 18.0. The second-order valence-electron chi connectivity index (χ2n) is 6.12. The third kappa shape index (κ3) is 4.09. The molecule has 0 saturated carbocycles. The minimum atomic E-state index is -0.466. The van der Waals surface area contributed by atoms with E-state index in [-0.39, 0.29) is 5.91 Å². The summed E-state index contributed by atoms with van der Waals surface area (Å²) in [7, 11) is 0. The number of anilines is 1. The van der Waals surface area contributed by atoms with Gasteiger partial charge in [0.1, 0.15) is 6.04 Å². The Morgan fingerprint density at radius 3 is 2.60 bits per heavy atom. The number of aromatic nitrogens is 4. The van der Waals surface area contributed by atoms with Crippen LogP contribution in [0, 0.1) is 13.8 Å². The van der Waals surface area contributed by atoms with E-state index >= 15 is 0 Å². The fourth-order valence-corrected chi connectivity index (χ4v) is 2.56. The largest absolute Gasteiger partial charge is 0.322 e. The summed E-state index contributed by atoms with van der Waals surface area (Å²) in [6, 6.07) is 7.81. The van der Waals surface area contributed by atoms with E-state index in [9.17, 15) is 4.79 Å². The lowest BCUT2D eigenvalue weighted by Crippen LogP contribution is -2.23. The van der Waals surface area contributed by atoms with E-state index < -0.39 is 6.04 Å². The summed E-state index contributed by atoms with van der Waals surface area (Å²) in [5.41, 5.74) is 3.73. The van der Waals surface area contributed by atoms with E-state index in [0.717, 1.165) is 5.56 Å². The molecule has 7 heteroatoms. The van der Waals surface area contributed by atoms with Crippen LogP contribution in [0.15, 0.2) is 42.9 Å². The van der Waals surface area contributed by atoms with E-state index in [1.54, 1.807) is 35.6 Å². The molecule has 0 aliphatic rings. The van der Waals surface area contributed by atoms with Crippen molar-refractivity contribution in [3.63, 3.8) is 0 Å². The minimum absolute atomic E-state index is 0.172. The molecule has 0 saturated heterocycles. The van der Waals surface area contributed by atoms with Gasteiger partial charge in [-0.1, -0.05) is 41.4 Å². The molecule has 1 N–H and O–H groups in total. The molecule has 2 heterocycles. The second kappa shape index (κ2) is 7.11. The third-order valence-electron chi connectivity index (χ3n) is 4.00. The second-order valence-corrected chi connectivity index (χ2v) is 6.53. The number of nitrogens with zero attached hydrogens (tertiary/aromatic N) is 4. The van der Waals surface area contributed by atoms with Crippen LogP contribution in [-0.4, -0.2) is 25.5 Å². The van der Waals surface area contributed by atoms with Crippen molar-refractivity contribution < 1.29 is 4.79 Å². The van der Waals surface area contributed by atoms with E-state index in [2.05, 4.69) is 46.7 Å². The van der Waals surface area contributed by atoms with Gasteiger partial charge in [0, 0.05) is 12.4 Å². The van der Waals surface area contributed by atoms with Crippen molar-refractivity contribution in [3.05, 3.63) is 64.7 Å². The molecule has 1 unspecified atom stereocenters. The highest BCUT2D eigenvalue weighted by atomic mass is 35.5. The molecule has 1 atom stereocenters. The Morgan fingerprint density at radius 2 is 1.96 bits per heavy atom. The van der Waals surface area contributed by atoms with Crippen LogP contribution in [0.1, 0.15) is 29.8 Å². The molecular formula is C18H20ClN5O. The number of carbonyl (C=O) groups excluding carboxylic acids is 1. The van der Waals surface area contributed by atoms with Crippen LogP contribution in [0.3, 0.4) is 0 Å². The quantitative estimate of drug-likeness (QED) is 0.758. The molecule has 3 aromatic rings. The zero-order valence-corrected chi connectivity index (χ0v) is 15.2. The maximum Gasteiger partial charge on any atom is 0.249 e. The first-order chi connectivity index (χ1) is 11.9. The van der Waals surface area contributed by atoms with Gasteiger partial charge in [-0.25, -0.2) is 0 Å². The van der Waals surface area contributed by atoms with Crippen molar-refractivity contribution in [3.8, 4) is 0 Å². The van der Waals surface area contributed by atoms with Crippen molar-refractivity contribution >= 4 is 23.2 Å². The number of hydrogen-bond acceptors (Lipinski definition) is 3. The standard InChI is InChI=1S/C18H20ClN5O/c1-12-4-6-15(7-5-12)9-23-10-16(8-20-23)21-18(25)14(3)24-11-17(19)13(2)22-24/h4-8,10-11,14H,9H2,1-3H3,(H,21,25). The molecular weight excluding hydrogens is 338 g/mol. The van der Waals surface area contributed by atoms with Gasteiger partial charge in [-0.2, -0.15) is 10.2 Å². The lowest BCUT2D eigenvalue weighted by Gasteiger charge is -2.11. The smallest absolute Gasteiger partial charge is 0.249 e. The maximum atomic E-state index is 12.4. The normalized spacial score (nSPS) is 12.2. The first-order valence-electron chi connectivity index (χ1n) is 8.02. The number of carbonyl (C=O) groups is 1. The number of aryl methyl sites for hydroxylation is 2. The van der Waals surface area contributed by atoms with Gasteiger partial charge in [0.2, 0.25) is 5.91 Å². The average molecular weight is 358 g/mol. The molecule has 0 radical (unpaired) electrons. The highest BCUT2D eigenvalue weighted by Crippen LogP contribution is 2.17. The molecule has 6 nitrogen and oxygen atoms in total. The Balaban J connectivity index is 1.64. The first kappa shape index (κ1) is 17.2. The molecule has 1 aromatic carbocycles. The summed E-state index contributed by atoms with van der Waals surface area (Å²) in [5.74, 6) is -0.172. The molecule has 3 rings (SSSR count). The Hall–Kier alpha value is -2.60. The van der Waals surface area contributed by atoms with Gasteiger partial charge in [0.15, 0.2) is 0 Å². The molecule has 0 bridgehead atoms. The molecule has 130 valence electrons. The zero-order valence-electron chi connectivity index (χ0n) is 14.4. The van der Waals surface area contributed by atoms with Crippen LogP contribution in [0.4, 0.5) is 5.69 Å². The van der Waals surface area contributed by atoms with Crippen LogP contribution in [0.5, 0.6) is 0 Å². The monoisotopic (exact) mass is 357 g/mol. The molecule has 1 amide bonds. The summed E-state index contributed by atoms with van der Waals surface area (Å²) in [4.78, 5) is 12.4. The van der Waals surface area contributed by atoms with E-state index in [0.29, 0.717) is 22.9 Å². The number of halogens is 1. The Morgan fingerprint density at radius 1 is 1.24 bits per heavy atom.